The van der Waals surface area contributed by atoms with E-state index in [2.05, 4.69) is 10.3 Å². The van der Waals surface area contributed by atoms with Gasteiger partial charge in [0.1, 0.15) is 12.4 Å². The lowest BCUT2D eigenvalue weighted by molar-refractivity contribution is -0.124. The Bertz CT molecular complexity index is 582. The zero-order valence-corrected chi connectivity index (χ0v) is 13.1. The van der Waals surface area contributed by atoms with Crippen LogP contribution in [0.25, 0.3) is 0 Å². The van der Waals surface area contributed by atoms with E-state index in [0.29, 0.717) is 13.2 Å². The standard InChI is InChI=1S/C18H22N2O2/c1-3-14(2)18(21)20-12-15-6-8-17(9-7-15)22-13-16-5-4-10-19-11-16/h4-11,14H,3,12-13H2,1-2H3,(H,20,21). The van der Waals surface area contributed by atoms with Crippen molar-refractivity contribution < 1.29 is 9.53 Å². The molecule has 0 saturated heterocycles. The molecule has 1 atom stereocenters. The number of rotatable bonds is 7. The van der Waals surface area contributed by atoms with Crippen LogP contribution in [0.1, 0.15) is 31.4 Å². The number of benzene rings is 1. The van der Waals surface area contributed by atoms with Gasteiger partial charge in [-0.05, 0) is 30.2 Å². The van der Waals surface area contributed by atoms with Gasteiger partial charge in [-0.1, -0.05) is 32.0 Å². The van der Waals surface area contributed by atoms with Crippen molar-refractivity contribution in [3.8, 4) is 5.75 Å². The number of nitrogens with one attached hydrogen (secondary N) is 1. The molecule has 0 aliphatic rings. The van der Waals surface area contributed by atoms with E-state index in [4.69, 9.17) is 4.74 Å². The van der Waals surface area contributed by atoms with Gasteiger partial charge in [-0.15, -0.1) is 0 Å². The highest BCUT2D eigenvalue weighted by atomic mass is 16.5. The summed E-state index contributed by atoms with van der Waals surface area (Å²) in [6.45, 7) is 4.99. The first kappa shape index (κ1) is 16.0. The fraction of sp³-hybridized carbons (Fsp3) is 0.333. The molecule has 1 unspecified atom stereocenters. The highest BCUT2D eigenvalue weighted by Crippen LogP contribution is 2.14. The molecule has 1 aromatic heterocycles. The molecule has 0 saturated carbocycles. The van der Waals surface area contributed by atoms with E-state index in [1.54, 1.807) is 12.4 Å². The summed E-state index contributed by atoms with van der Waals surface area (Å²) in [5, 5.41) is 2.94. The minimum absolute atomic E-state index is 0.0575. The van der Waals surface area contributed by atoms with Gasteiger partial charge in [0, 0.05) is 30.4 Å². The Hall–Kier alpha value is -2.36. The van der Waals surface area contributed by atoms with Crippen molar-refractivity contribution in [2.45, 2.75) is 33.4 Å². The van der Waals surface area contributed by atoms with Crippen LogP contribution in [-0.2, 0) is 17.9 Å². The van der Waals surface area contributed by atoms with Crippen LogP contribution in [0.3, 0.4) is 0 Å². The molecule has 0 bridgehead atoms. The Morgan fingerprint density at radius 3 is 2.64 bits per heavy atom. The Balaban J connectivity index is 1.81. The molecule has 0 radical (unpaired) electrons. The van der Waals surface area contributed by atoms with E-state index in [-0.39, 0.29) is 11.8 Å². The first-order chi connectivity index (χ1) is 10.7. The molecule has 1 N–H and O–H groups in total. The maximum Gasteiger partial charge on any atom is 0.223 e. The Kier molecular flexibility index (Phi) is 5.95. The van der Waals surface area contributed by atoms with Gasteiger partial charge in [-0.2, -0.15) is 0 Å². The maximum absolute atomic E-state index is 11.7. The van der Waals surface area contributed by atoms with Crippen LogP contribution in [0.15, 0.2) is 48.8 Å². The zero-order valence-electron chi connectivity index (χ0n) is 13.1. The fourth-order valence-electron chi connectivity index (χ4n) is 1.90. The van der Waals surface area contributed by atoms with Crippen LogP contribution in [0.5, 0.6) is 5.75 Å². The fourth-order valence-corrected chi connectivity index (χ4v) is 1.90. The van der Waals surface area contributed by atoms with E-state index in [9.17, 15) is 4.79 Å². The van der Waals surface area contributed by atoms with Crippen molar-refractivity contribution in [1.29, 1.82) is 0 Å². The first-order valence-electron chi connectivity index (χ1n) is 7.57. The van der Waals surface area contributed by atoms with Crippen LogP contribution in [-0.4, -0.2) is 10.9 Å². The molecule has 2 rings (SSSR count). The molecule has 116 valence electrons. The van der Waals surface area contributed by atoms with Crippen LogP contribution >= 0.6 is 0 Å². The van der Waals surface area contributed by atoms with Crippen LogP contribution in [0.2, 0.25) is 0 Å². The largest absolute Gasteiger partial charge is 0.489 e. The van der Waals surface area contributed by atoms with E-state index >= 15 is 0 Å². The third-order valence-corrected chi connectivity index (χ3v) is 3.58. The predicted octanol–water partition coefficient (Wildman–Crippen LogP) is 3.32. The number of carbonyl (C=O) groups excluding carboxylic acids is 1. The van der Waals surface area contributed by atoms with Crippen molar-refractivity contribution >= 4 is 5.91 Å². The monoisotopic (exact) mass is 298 g/mol. The van der Waals surface area contributed by atoms with Crippen LogP contribution < -0.4 is 10.1 Å². The number of ether oxygens (including phenoxy) is 1. The molecular formula is C18H22N2O2. The molecule has 0 aliphatic carbocycles. The molecular weight excluding hydrogens is 276 g/mol. The number of carbonyl (C=O) groups is 1. The van der Waals surface area contributed by atoms with Crippen molar-refractivity contribution in [2.75, 3.05) is 0 Å². The summed E-state index contributed by atoms with van der Waals surface area (Å²) in [6, 6.07) is 11.6. The smallest absolute Gasteiger partial charge is 0.223 e. The van der Waals surface area contributed by atoms with Crippen molar-refractivity contribution in [1.82, 2.24) is 10.3 Å². The van der Waals surface area contributed by atoms with Crippen molar-refractivity contribution in [2.24, 2.45) is 5.92 Å². The summed E-state index contributed by atoms with van der Waals surface area (Å²) in [7, 11) is 0. The summed E-state index contributed by atoms with van der Waals surface area (Å²) < 4.78 is 5.70. The quantitative estimate of drug-likeness (QED) is 0.853. The number of hydrogen-bond donors (Lipinski definition) is 1. The lowest BCUT2D eigenvalue weighted by atomic mass is 10.1. The number of hydrogen-bond acceptors (Lipinski definition) is 3. The third kappa shape index (κ3) is 4.88. The molecule has 4 nitrogen and oxygen atoms in total. The van der Waals surface area contributed by atoms with Gasteiger partial charge in [0.05, 0.1) is 0 Å². The van der Waals surface area contributed by atoms with Crippen LogP contribution in [0.4, 0.5) is 0 Å². The predicted molar refractivity (Wildman–Crippen MR) is 86.3 cm³/mol. The van der Waals surface area contributed by atoms with E-state index in [1.807, 2.05) is 50.2 Å². The molecule has 22 heavy (non-hydrogen) atoms. The number of amides is 1. The maximum atomic E-state index is 11.7. The molecule has 1 aromatic carbocycles. The molecule has 2 aromatic rings. The lowest BCUT2D eigenvalue weighted by Crippen LogP contribution is -2.28. The van der Waals surface area contributed by atoms with Gasteiger partial charge in [0.2, 0.25) is 5.91 Å². The lowest BCUT2D eigenvalue weighted by Gasteiger charge is -2.10. The number of nitrogens with zero attached hydrogens (tertiary/aromatic N) is 1. The summed E-state index contributed by atoms with van der Waals surface area (Å²) in [6.07, 6.45) is 4.39. The molecule has 0 aliphatic heterocycles. The topological polar surface area (TPSA) is 51.2 Å². The molecule has 4 heteroatoms. The van der Waals surface area contributed by atoms with Gasteiger partial charge in [-0.3, -0.25) is 9.78 Å². The minimum Gasteiger partial charge on any atom is -0.489 e. The van der Waals surface area contributed by atoms with Crippen molar-refractivity contribution in [3.05, 3.63) is 59.9 Å². The summed E-state index contributed by atoms with van der Waals surface area (Å²) in [4.78, 5) is 15.8. The second-order valence-corrected chi connectivity index (χ2v) is 5.32. The van der Waals surface area contributed by atoms with Gasteiger partial charge in [0.25, 0.3) is 0 Å². The molecule has 0 fully saturated rings. The normalized spacial score (nSPS) is 11.7. The zero-order chi connectivity index (χ0) is 15.8. The Morgan fingerprint density at radius 1 is 1.23 bits per heavy atom. The Morgan fingerprint density at radius 2 is 2.00 bits per heavy atom. The number of pyridine rings is 1. The van der Waals surface area contributed by atoms with Gasteiger partial charge < -0.3 is 10.1 Å². The second-order valence-electron chi connectivity index (χ2n) is 5.32. The average Bonchev–Trinajstić information content (AvgIpc) is 2.59. The van der Waals surface area contributed by atoms with Gasteiger partial charge >= 0.3 is 0 Å². The van der Waals surface area contributed by atoms with Crippen molar-refractivity contribution in [3.63, 3.8) is 0 Å². The Labute approximate surface area is 131 Å². The van der Waals surface area contributed by atoms with Gasteiger partial charge in [-0.25, -0.2) is 0 Å². The highest BCUT2D eigenvalue weighted by molar-refractivity contribution is 5.78. The van der Waals surface area contributed by atoms with E-state index < -0.39 is 0 Å². The second kappa shape index (κ2) is 8.17. The van der Waals surface area contributed by atoms with Crippen LogP contribution in [0, 0.1) is 5.92 Å². The van der Waals surface area contributed by atoms with E-state index in [1.165, 1.54) is 0 Å². The number of aromatic nitrogens is 1. The molecule has 1 amide bonds. The average molecular weight is 298 g/mol. The minimum atomic E-state index is 0.0575. The highest BCUT2D eigenvalue weighted by Gasteiger charge is 2.09. The summed E-state index contributed by atoms with van der Waals surface area (Å²) in [5.74, 6) is 0.961. The van der Waals surface area contributed by atoms with E-state index in [0.717, 1.165) is 23.3 Å². The SMILES string of the molecule is CCC(C)C(=O)NCc1ccc(OCc2cccnc2)cc1. The first-order valence-corrected chi connectivity index (χ1v) is 7.57. The summed E-state index contributed by atoms with van der Waals surface area (Å²) >= 11 is 0. The summed E-state index contributed by atoms with van der Waals surface area (Å²) in [5.41, 5.74) is 2.10. The molecule has 0 spiro atoms. The third-order valence-electron chi connectivity index (χ3n) is 3.58. The van der Waals surface area contributed by atoms with Gasteiger partial charge in [0.15, 0.2) is 0 Å². The molecule has 1 heterocycles.